The van der Waals surface area contributed by atoms with Crippen molar-refractivity contribution in [2.24, 2.45) is 0 Å². The van der Waals surface area contributed by atoms with E-state index >= 15 is 0 Å². The molecule has 0 saturated carbocycles. The Kier molecular flexibility index (Phi) is 7.53. The number of amides is 2. The lowest BCUT2D eigenvalue weighted by molar-refractivity contribution is -0.128. The predicted octanol–water partition coefficient (Wildman–Crippen LogP) is 5.20. The minimum Gasteiger partial charge on any atom is -0.503 e. The van der Waals surface area contributed by atoms with Crippen LogP contribution in [0.15, 0.2) is 47.7 Å². The molecule has 0 bridgehead atoms. The van der Waals surface area contributed by atoms with Gasteiger partial charge in [0.1, 0.15) is 0 Å². The van der Waals surface area contributed by atoms with Gasteiger partial charge in [0.2, 0.25) is 0 Å². The first-order valence-electron chi connectivity index (χ1n) is 9.13. The van der Waals surface area contributed by atoms with Crippen molar-refractivity contribution in [3.05, 3.63) is 78.9 Å². The van der Waals surface area contributed by atoms with Gasteiger partial charge in [-0.25, -0.2) is 0 Å². The Morgan fingerprint density at radius 2 is 1.80 bits per heavy atom. The van der Waals surface area contributed by atoms with E-state index in [2.05, 4.69) is 5.32 Å². The maximum atomic E-state index is 12.4. The molecule has 1 heterocycles. The highest BCUT2D eigenvalue weighted by atomic mass is 35.5. The van der Waals surface area contributed by atoms with Crippen LogP contribution in [0.25, 0.3) is 0 Å². The number of carbonyl (C=O) groups excluding carboxylic acids is 2. The number of carbonyl (C=O) groups is 2. The van der Waals surface area contributed by atoms with Crippen molar-refractivity contribution in [3.63, 3.8) is 0 Å². The van der Waals surface area contributed by atoms with Gasteiger partial charge < -0.3 is 15.3 Å². The van der Waals surface area contributed by atoms with Crippen molar-refractivity contribution >= 4 is 58.2 Å². The summed E-state index contributed by atoms with van der Waals surface area (Å²) in [7, 11) is 0. The van der Waals surface area contributed by atoms with Gasteiger partial charge in [-0.3, -0.25) is 9.59 Å². The van der Waals surface area contributed by atoms with Gasteiger partial charge in [0.05, 0.1) is 22.2 Å². The molecule has 2 aromatic rings. The van der Waals surface area contributed by atoms with Gasteiger partial charge in [0.15, 0.2) is 5.76 Å². The van der Waals surface area contributed by atoms with Crippen LogP contribution < -0.4 is 5.32 Å². The first-order chi connectivity index (χ1) is 14.3. The third-order valence-corrected chi connectivity index (χ3v) is 6.01. The molecule has 0 saturated heterocycles. The number of rotatable bonds is 7. The van der Waals surface area contributed by atoms with Crippen LogP contribution in [-0.2, 0) is 22.6 Å². The van der Waals surface area contributed by atoms with Crippen molar-refractivity contribution in [2.75, 3.05) is 13.1 Å². The minimum absolute atomic E-state index is 0.00223. The van der Waals surface area contributed by atoms with Crippen molar-refractivity contribution < 1.29 is 14.7 Å². The average Bonchev–Trinajstić information content (AvgIpc) is 2.98. The number of halogens is 4. The van der Waals surface area contributed by atoms with E-state index < -0.39 is 17.6 Å². The first-order valence-corrected chi connectivity index (χ1v) is 10.6. The molecule has 5 nitrogen and oxygen atoms in total. The normalized spacial score (nSPS) is 13.9. The zero-order valence-electron chi connectivity index (χ0n) is 15.7. The first kappa shape index (κ1) is 22.8. The highest BCUT2D eigenvalue weighted by molar-refractivity contribution is 6.42. The summed E-state index contributed by atoms with van der Waals surface area (Å²) < 4.78 is 0. The molecular weight excluding hydrogens is 470 g/mol. The molecule has 3 rings (SSSR count). The fourth-order valence-electron chi connectivity index (χ4n) is 3.08. The topological polar surface area (TPSA) is 69.6 Å². The third-order valence-electron chi connectivity index (χ3n) is 4.69. The zero-order chi connectivity index (χ0) is 21.8. The lowest BCUT2D eigenvalue weighted by atomic mass is 10.1. The van der Waals surface area contributed by atoms with E-state index in [9.17, 15) is 14.7 Å². The fraction of sp³-hybridized carbons (Fsp3) is 0.238. The Morgan fingerprint density at radius 3 is 2.50 bits per heavy atom. The van der Waals surface area contributed by atoms with Crippen LogP contribution >= 0.6 is 46.4 Å². The second-order valence-corrected chi connectivity index (χ2v) is 8.49. The minimum atomic E-state index is -0.609. The Hall–Kier alpha value is -1.92. The second kappa shape index (κ2) is 9.92. The summed E-state index contributed by atoms with van der Waals surface area (Å²) in [6, 6.07) is 10.3. The molecule has 0 aromatic heterocycles. The molecule has 1 aliphatic heterocycles. The summed E-state index contributed by atoms with van der Waals surface area (Å²) in [6.45, 7) is 0.544. The molecule has 2 aromatic carbocycles. The number of aryl methyl sites for hydroxylation is 1. The summed E-state index contributed by atoms with van der Waals surface area (Å²) in [4.78, 5) is 26.1. The summed E-state index contributed by atoms with van der Waals surface area (Å²) in [6.07, 6.45) is 1.36. The van der Waals surface area contributed by atoms with Crippen LogP contribution in [0.3, 0.4) is 0 Å². The van der Waals surface area contributed by atoms with Gasteiger partial charge in [-0.15, -0.1) is 0 Å². The Bertz CT molecular complexity index is 1020. The van der Waals surface area contributed by atoms with E-state index in [-0.39, 0.29) is 18.7 Å². The summed E-state index contributed by atoms with van der Waals surface area (Å²) in [5, 5.41) is 14.7. The van der Waals surface area contributed by atoms with Crippen molar-refractivity contribution in [3.8, 4) is 0 Å². The molecule has 158 valence electrons. The van der Waals surface area contributed by atoms with Gasteiger partial charge in [-0.05, 0) is 48.2 Å². The molecule has 30 heavy (non-hydrogen) atoms. The number of hydrogen-bond donors (Lipinski definition) is 2. The SMILES string of the molecule is O=C(NCCCc1ccc(Cl)c(Cl)c1)C1=C(O)C(=O)N(Cc2ccc(Cl)cc2Cl)C1. The smallest absolute Gasteiger partial charge is 0.289 e. The van der Waals surface area contributed by atoms with Crippen LogP contribution in [0.5, 0.6) is 0 Å². The number of nitrogens with zero attached hydrogens (tertiary/aromatic N) is 1. The predicted molar refractivity (Wildman–Crippen MR) is 119 cm³/mol. The Labute approximate surface area is 194 Å². The molecular formula is C21H18Cl4N2O3. The van der Waals surface area contributed by atoms with E-state index in [4.69, 9.17) is 46.4 Å². The molecule has 1 aliphatic rings. The van der Waals surface area contributed by atoms with Crippen LogP contribution in [0, 0.1) is 0 Å². The molecule has 0 atom stereocenters. The average molecular weight is 488 g/mol. The van der Waals surface area contributed by atoms with Crippen LogP contribution in [-0.4, -0.2) is 34.9 Å². The van der Waals surface area contributed by atoms with Gasteiger partial charge in [-0.1, -0.05) is 58.5 Å². The summed E-state index contributed by atoms with van der Waals surface area (Å²) >= 11 is 23.9. The van der Waals surface area contributed by atoms with Crippen molar-refractivity contribution in [1.29, 1.82) is 0 Å². The molecule has 0 spiro atoms. The number of nitrogens with one attached hydrogen (secondary N) is 1. The maximum absolute atomic E-state index is 12.4. The molecule has 0 radical (unpaired) electrons. The van der Waals surface area contributed by atoms with Crippen LogP contribution in [0.1, 0.15) is 17.5 Å². The lowest BCUT2D eigenvalue weighted by Gasteiger charge is -2.17. The van der Waals surface area contributed by atoms with Crippen LogP contribution in [0.4, 0.5) is 0 Å². The van der Waals surface area contributed by atoms with E-state index in [1.165, 1.54) is 4.90 Å². The number of aliphatic hydroxyl groups is 1. The monoisotopic (exact) mass is 486 g/mol. The van der Waals surface area contributed by atoms with Crippen molar-refractivity contribution in [2.45, 2.75) is 19.4 Å². The zero-order valence-corrected chi connectivity index (χ0v) is 18.7. The third kappa shape index (κ3) is 5.41. The quantitative estimate of drug-likeness (QED) is 0.527. The molecule has 2 amide bonds. The Balaban J connectivity index is 1.52. The van der Waals surface area contributed by atoms with E-state index in [1.807, 2.05) is 6.07 Å². The number of hydrogen-bond acceptors (Lipinski definition) is 3. The summed E-state index contributed by atoms with van der Waals surface area (Å²) in [5.41, 5.74) is 1.72. The highest BCUT2D eigenvalue weighted by Gasteiger charge is 2.34. The highest BCUT2D eigenvalue weighted by Crippen LogP contribution is 2.26. The number of aliphatic hydroxyl groups excluding tert-OH is 1. The molecule has 0 unspecified atom stereocenters. The maximum Gasteiger partial charge on any atom is 0.289 e. The van der Waals surface area contributed by atoms with E-state index in [0.29, 0.717) is 45.0 Å². The lowest BCUT2D eigenvalue weighted by Crippen LogP contribution is -2.30. The Morgan fingerprint density at radius 1 is 1.03 bits per heavy atom. The standard InChI is InChI=1S/C21H18Cl4N2O3/c22-14-5-4-13(17(24)9-14)10-27-11-15(19(28)21(27)30)20(29)26-7-1-2-12-3-6-16(23)18(25)8-12/h3-6,8-9,28H,1-2,7,10-11H2,(H,26,29). The van der Waals surface area contributed by atoms with Crippen LogP contribution in [0.2, 0.25) is 20.1 Å². The van der Waals surface area contributed by atoms with Crippen molar-refractivity contribution in [1.82, 2.24) is 10.2 Å². The van der Waals surface area contributed by atoms with Gasteiger partial charge in [-0.2, -0.15) is 0 Å². The molecule has 0 aliphatic carbocycles. The van der Waals surface area contributed by atoms with Gasteiger partial charge in [0.25, 0.3) is 11.8 Å². The molecule has 2 N–H and O–H groups in total. The van der Waals surface area contributed by atoms with E-state index in [1.54, 1.807) is 30.3 Å². The second-order valence-electron chi connectivity index (χ2n) is 6.83. The largest absolute Gasteiger partial charge is 0.503 e. The van der Waals surface area contributed by atoms with Gasteiger partial charge >= 0.3 is 0 Å². The number of benzene rings is 2. The fourth-order valence-corrected chi connectivity index (χ4v) is 3.86. The summed E-state index contributed by atoms with van der Waals surface area (Å²) in [5.74, 6) is -1.62. The molecule has 0 fully saturated rings. The van der Waals surface area contributed by atoms with E-state index in [0.717, 1.165) is 5.56 Å². The molecule has 9 heteroatoms. The van der Waals surface area contributed by atoms with Gasteiger partial charge in [0, 0.05) is 23.1 Å².